The Morgan fingerprint density at radius 3 is 2.38 bits per heavy atom. The Balaban J connectivity index is 1.52. The van der Waals surface area contributed by atoms with Crippen molar-refractivity contribution in [2.24, 2.45) is 0 Å². The van der Waals surface area contributed by atoms with E-state index in [2.05, 4.69) is 72.1 Å². The topological polar surface area (TPSA) is 53.4 Å². The summed E-state index contributed by atoms with van der Waals surface area (Å²) < 4.78 is 13.7. The van der Waals surface area contributed by atoms with E-state index >= 15 is 0 Å². The van der Waals surface area contributed by atoms with Crippen LogP contribution in [0.15, 0.2) is 97.5 Å². The molecule has 0 atom stereocenters. The maximum Gasteiger partial charge on any atom is 0.337 e. The predicted molar refractivity (Wildman–Crippen MR) is 159 cm³/mol. The van der Waals surface area contributed by atoms with Crippen molar-refractivity contribution < 1.29 is 14.3 Å². The monoisotopic (exact) mass is 528 g/mol. The van der Waals surface area contributed by atoms with Gasteiger partial charge in [0.1, 0.15) is 5.75 Å². The zero-order chi connectivity index (χ0) is 27.6. The first-order valence-electron chi connectivity index (χ1n) is 13.7. The Kier molecular flexibility index (Phi) is 6.95. The molecule has 0 saturated heterocycles. The molecule has 0 bridgehead atoms. The van der Waals surface area contributed by atoms with Gasteiger partial charge in [0.15, 0.2) is 0 Å². The SMILES string of the molecule is COC(=O)c1ccc(-c2cn(Cc3cccnc3)c3c2CCc2cc(-c4ccccc4)c(OC(C)C)cc2-3)cc1. The zero-order valence-corrected chi connectivity index (χ0v) is 23.1. The largest absolute Gasteiger partial charge is 0.490 e. The van der Waals surface area contributed by atoms with Crippen molar-refractivity contribution in [3.8, 4) is 39.3 Å². The van der Waals surface area contributed by atoms with Crippen molar-refractivity contribution in [3.63, 3.8) is 0 Å². The van der Waals surface area contributed by atoms with Gasteiger partial charge >= 0.3 is 5.97 Å². The fraction of sp³-hybridized carbons (Fsp3) is 0.200. The number of methoxy groups -OCH3 is 1. The molecule has 3 aromatic carbocycles. The van der Waals surface area contributed by atoms with Gasteiger partial charge in [-0.3, -0.25) is 4.98 Å². The number of pyridine rings is 1. The Labute approximate surface area is 235 Å². The molecule has 200 valence electrons. The normalized spacial score (nSPS) is 12.1. The molecule has 2 aromatic heterocycles. The Morgan fingerprint density at radius 1 is 0.900 bits per heavy atom. The van der Waals surface area contributed by atoms with Crippen molar-refractivity contribution in [2.75, 3.05) is 7.11 Å². The minimum Gasteiger partial charge on any atom is -0.490 e. The van der Waals surface area contributed by atoms with Gasteiger partial charge in [-0.05, 0) is 84.8 Å². The number of aryl methyl sites for hydroxylation is 1. The number of carbonyl (C=O) groups excluding carboxylic acids is 1. The third-order valence-electron chi connectivity index (χ3n) is 7.43. The van der Waals surface area contributed by atoms with Gasteiger partial charge in [0.2, 0.25) is 0 Å². The molecule has 1 aliphatic rings. The molecule has 0 radical (unpaired) electrons. The summed E-state index contributed by atoms with van der Waals surface area (Å²) in [4.78, 5) is 16.4. The molecule has 0 saturated carbocycles. The Morgan fingerprint density at radius 2 is 1.68 bits per heavy atom. The number of fused-ring (bicyclic) bond motifs is 3. The molecule has 1 aliphatic carbocycles. The quantitative estimate of drug-likeness (QED) is 0.204. The van der Waals surface area contributed by atoms with E-state index in [1.165, 1.54) is 35.1 Å². The van der Waals surface area contributed by atoms with Crippen LogP contribution in [0.2, 0.25) is 0 Å². The van der Waals surface area contributed by atoms with Crippen LogP contribution in [0, 0.1) is 0 Å². The third-order valence-corrected chi connectivity index (χ3v) is 7.43. The van der Waals surface area contributed by atoms with Crippen molar-refractivity contribution in [3.05, 3.63) is 120 Å². The summed E-state index contributed by atoms with van der Waals surface area (Å²) in [7, 11) is 1.41. The van der Waals surface area contributed by atoms with Crippen LogP contribution in [0.5, 0.6) is 5.75 Å². The highest BCUT2D eigenvalue weighted by Gasteiger charge is 2.27. The fourth-order valence-electron chi connectivity index (χ4n) is 5.64. The van der Waals surface area contributed by atoms with Crippen LogP contribution in [0.3, 0.4) is 0 Å². The molecule has 0 unspecified atom stereocenters. The molecule has 0 spiro atoms. The highest BCUT2D eigenvalue weighted by atomic mass is 16.5. The molecular formula is C35H32N2O3. The fourth-order valence-corrected chi connectivity index (χ4v) is 5.64. The first kappa shape index (κ1) is 25.6. The lowest BCUT2D eigenvalue weighted by molar-refractivity contribution is 0.0600. The van der Waals surface area contributed by atoms with E-state index in [4.69, 9.17) is 9.47 Å². The second-order valence-electron chi connectivity index (χ2n) is 10.5. The number of hydrogen-bond donors (Lipinski definition) is 0. The average molecular weight is 529 g/mol. The van der Waals surface area contributed by atoms with Gasteiger partial charge < -0.3 is 14.0 Å². The summed E-state index contributed by atoms with van der Waals surface area (Å²) >= 11 is 0. The van der Waals surface area contributed by atoms with Crippen LogP contribution in [-0.2, 0) is 24.1 Å². The van der Waals surface area contributed by atoms with E-state index in [0.717, 1.165) is 40.8 Å². The number of benzene rings is 3. The summed E-state index contributed by atoms with van der Waals surface area (Å²) in [5.41, 5.74) is 11.3. The molecule has 0 N–H and O–H groups in total. The standard InChI is InChI=1S/C35H32N2O3/c1-23(2)40-33-19-31-28(18-30(33)25-9-5-4-6-10-25)15-16-29-32(26-11-13-27(14-12-26)35(38)39-3)22-37(34(29)31)21-24-8-7-17-36-20-24/h4-14,17-20,22-23H,15-16,21H2,1-3H3. The van der Waals surface area contributed by atoms with Crippen LogP contribution in [-0.4, -0.2) is 28.7 Å². The molecule has 2 heterocycles. The first-order valence-corrected chi connectivity index (χ1v) is 13.7. The highest BCUT2D eigenvalue weighted by molar-refractivity contribution is 5.90. The van der Waals surface area contributed by atoms with Crippen LogP contribution >= 0.6 is 0 Å². The molecule has 5 nitrogen and oxygen atoms in total. The van der Waals surface area contributed by atoms with Crippen LogP contribution < -0.4 is 4.74 Å². The number of ether oxygens (including phenoxy) is 2. The molecular weight excluding hydrogens is 496 g/mol. The van der Waals surface area contributed by atoms with Gasteiger partial charge in [-0.25, -0.2) is 4.79 Å². The summed E-state index contributed by atoms with van der Waals surface area (Å²) in [5, 5.41) is 0. The van der Waals surface area contributed by atoms with Gasteiger partial charge in [-0.15, -0.1) is 0 Å². The number of hydrogen-bond acceptors (Lipinski definition) is 4. The second-order valence-corrected chi connectivity index (χ2v) is 10.5. The Bertz CT molecular complexity index is 1650. The van der Waals surface area contributed by atoms with Gasteiger partial charge in [0, 0.05) is 41.8 Å². The van der Waals surface area contributed by atoms with Crippen molar-refractivity contribution in [2.45, 2.75) is 39.3 Å². The number of carbonyl (C=O) groups is 1. The zero-order valence-electron chi connectivity index (χ0n) is 23.1. The lowest BCUT2D eigenvalue weighted by Crippen LogP contribution is -2.11. The lowest BCUT2D eigenvalue weighted by Gasteiger charge is -2.24. The molecule has 6 rings (SSSR count). The highest BCUT2D eigenvalue weighted by Crippen LogP contribution is 2.45. The van der Waals surface area contributed by atoms with Crippen LogP contribution in [0.1, 0.15) is 40.9 Å². The van der Waals surface area contributed by atoms with E-state index in [-0.39, 0.29) is 12.1 Å². The van der Waals surface area contributed by atoms with E-state index < -0.39 is 0 Å². The van der Waals surface area contributed by atoms with E-state index in [1.54, 1.807) is 6.20 Å². The third kappa shape index (κ3) is 4.91. The maximum atomic E-state index is 12.0. The smallest absolute Gasteiger partial charge is 0.337 e. The van der Waals surface area contributed by atoms with E-state index in [9.17, 15) is 4.79 Å². The number of nitrogens with zero attached hydrogens (tertiary/aromatic N) is 2. The predicted octanol–water partition coefficient (Wildman–Crippen LogP) is 7.60. The van der Waals surface area contributed by atoms with Crippen molar-refractivity contribution >= 4 is 5.97 Å². The molecule has 0 aliphatic heterocycles. The van der Waals surface area contributed by atoms with E-state index in [1.807, 2.05) is 42.6 Å². The summed E-state index contributed by atoms with van der Waals surface area (Å²) in [6, 6.07) is 26.8. The minimum atomic E-state index is -0.330. The number of rotatable bonds is 7. The average Bonchev–Trinajstić information content (AvgIpc) is 3.35. The van der Waals surface area contributed by atoms with Crippen LogP contribution in [0.25, 0.3) is 33.5 Å². The minimum absolute atomic E-state index is 0.0506. The number of aromatic nitrogens is 2. The summed E-state index contributed by atoms with van der Waals surface area (Å²) in [6.45, 7) is 4.85. The summed E-state index contributed by atoms with van der Waals surface area (Å²) in [5.74, 6) is 0.564. The van der Waals surface area contributed by atoms with Gasteiger partial charge in [0.05, 0.1) is 24.5 Å². The van der Waals surface area contributed by atoms with Gasteiger partial charge in [0.25, 0.3) is 0 Å². The molecule has 0 amide bonds. The van der Waals surface area contributed by atoms with Gasteiger partial charge in [-0.2, -0.15) is 0 Å². The second kappa shape index (κ2) is 10.9. The number of esters is 1. The molecule has 5 aromatic rings. The molecule has 0 fully saturated rings. The Hall–Kier alpha value is -4.64. The van der Waals surface area contributed by atoms with E-state index in [0.29, 0.717) is 12.1 Å². The van der Waals surface area contributed by atoms with Crippen molar-refractivity contribution in [1.29, 1.82) is 0 Å². The van der Waals surface area contributed by atoms with Crippen molar-refractivity contribution in [1.82, 2.24) is 9.55 Å². The lowest BCUT2D eigenvalue weighted by atomic mass is 9.85. The van der Waals surface area contributed by atoms with Gasteiger partial charge in [-0.1, -0.05) is 48.5 Å². The maximum absolute atomic E-state index is 12.0. The molecule has 40 heavy (non-hydrogen) atoms. The molecule has 5 heteroatoms. The summed E-state index contributed by atoms with van der Waals surface area (Å²) in [6.07, 6.45) is 7.89. The van der Waals surface area contributed by atoms with Crippen LogP contribution in [0.4, 0.5) is 0 Å². The first-order chi connectivity index (χ1) is 19.5.